The summed E-state index contributed by atoms with van der Waals surface area (Å²) in [6.45, 7) is 10.2. The Morgan fingerprint density at radius 3 is 2.03 bits per heavy atom. The number of carbonyl (C=O) groups is 3. The fraction of sp³-hybridized carbons (Fsp3) is 0.880. The van der Waals surface area contributed by atoms with Crippen LogP contribution in [-0.4, -0.2) is 97.0 Å². The van der Waals surface area contributed by atoms with Gasteiger partial charge in [0.05, 0.1) is 19.8 Å². The highest BCUT2D eigenvalue weighted by atomic mass is 16.5. The minimum absolute atomic E-state index is 0.0629. The molecule has 4 bridgehead atoms. The monoisotopic (exact) mass is 460 g/mol. The van der Waals surface area contributed by atoms with Gasteiger partial charge in [-0.3, -0.25) is 19.3 Å². The maximum absolute atomic E-state index is 12.9. The highest BCUT2D eigenvalue weighted by Gasteiger charge is 2.60. The Bertz CT molecular complexity index is 784. The highest BCUT2D eigenvalue weighted by Crippen LogP contribution is 2.66. The molecule has 0 aromatic carbocycles. The Labute approximate surface area is 197 Å². The Morgan fingerprint density at radius 1 is 0.818 bits per heavy atom. The van der Waals surface area contributed by atoms with Crippen molar-refractivity contribution in [2.75, 3.05) is 59.0 Å². The van der Waals surface area contributed by atoms with Gasteiger partial charge in [-0.1, -0.05) is 13.8 Å². The first kappa shape index (κ1) is 23.1. The third-order valence-corrected chi connectivity index (χ3v) is 8.79. The lowest BCUT2D eigenvalue weighted by Gasteiger charge is -2.65. The maximum atomic E-state index is 12.9. The summed E-state index contributed by atoms with van der Waals surface area (Å²) < 4.78 is 5.31. The number of hydrogen-bond acceptors (Lipinski definition) is 5. The first-order valence-electron chi connectivity index (χ1n) is 12.8. The molecule has 2 aliphatic heterocycles. The topological polar surface area (TPSA) is 82.2 Å². The van der Waals surface area contributed by atoms with Gasteiger partial charge in [0.15, 0.2) is 0 Å². The van der Waals surface area contributed by atoms with Crippen LogP contribution in [0.15, 0.2) is 0 Å². The smallest absolute Gasteiger partial charge is 0.236 e. The fourth-order valence-corrected chi connectivity index (χ4v) is 8.44. The minimum atomic E-state index is -0.112. The lowest BCUT2D eigenvalue weighted by molar-refractivity contribution is -0.144. The average molecular weight is 461 g/mol. The van der Waals surface area contributed by atoms with Gasteiger partial charge in [-0.05, 0) is 55.3 Å². The van der Waals surface area contributed by atoms with Crippen molar-refractivity contribution in [3.05, 3.63) is 0 Å². The predicted molar refractivity (Wildman–Crippen MR) is 123 cm³/mol. The molecule has 6 fully saturated rings. The predicted octanol–water partition coefficient (Wildman–Crippen LogP) is 1.24. The second-order valence-corrected chi connectivity index (χ2v) is 12.3. The number of hydrogen-bond donors (Lipinski definition) is 1. The Balaban J connectivity index is 1.09. The van der Waals surface area contributed by atoms with Gasteiger partial charge in [0, 0.05) is 44.8 Å². The van der Waals surface area contributed by atoms with Crippen molar-refractivity contribution in [2.24, 2.45) is 16.7 Å². The van der Waals surface area contributed by atoms with Crippen LogP contribution >= 0.6 is 0 Å². The first-order chi connectivity index (χ1) is 15.6. The van der Waals surface area contributed by atoms with Crippen molar-refractivity contribution < 1.29 is 19.1 Å². The van der Waals surface area contributed by atoms with Gasteiger partial charge in [-0.15, -0.1) is 0 Å². The van der Waals surface area contributed by atoms with E-state index in [4.69, 9.17) is 4.74 Å². The van der Waals surface area contributed by atoms with Gasteiger partial charge in [0.25, 0.3) is 0 Å². The number of amides is 3. The molecule has 0 aromatic heterocycles. The molecule has 8 nitrogen and oxygen atoms in total. The second-order valence-electron chi connectivity index (χ2n) is 12.3. The summed E-state index contributed by atoms with van der Waals surface area (Å²) in [5.41, 5.74) is 0.555. The van der Waals surface area contributed by atoms with E-state index in [-0.39, 0.29) is 29.7 Å². The lowest BCUT2D eigenvalue weighted by atomic mass is 9.43. The number of rotatable bonds is 5. The van der Waals surface area contributed by atoms with Crippen LogP contribution in [-0.2, 0) is 19.1 Å². The molecular formula is C25H40N4O4. The van der Waals surface area contributed by atoms with Gasteiger partial charge in [-0.2, -0.15) is 0 Å². The molecule has 0 radical (unpaired) electrons. The van der Waals surface area contributed by atoms with Crippen LogP contribution in [0.5, 0.6) is 0 Å². The van der Waals surface area contributed by atoms with Crippen molar-refractivity contribution in [1.82, 2.24) is 20.0 Å². The zero-order valence-corrected chi connectivity index (χ0v) is 20.4. The molecule has 2 atom stereocenters. The number of ether oxygens (including phenoxy) is 1. The summed E-state index contributed by atoms with van der Waals surface area (Å²) in [5.74, 6) is 0.642. The van der Waals surface area contributed by atoms with Crippen molar-refractivity contribution in [1.29, 1.82) is 0 Å². The number of nitrogens with one attached hydrogen (secondary N) is 1. The van der Waals surface area contributed by atoms with E-state index < -0.39 is 0 Å². The first-order valence-corrected chi connectivity index (χ1v) is 12.8. The standard InChI is InChI=1S/C25H40N4O4/c1-23-12-19-13-24(2,16-23)18-25(14-19,17-23)26-20(30)11-21(31)28-5-3-27(4-6-28)15-22(32)29-7-9-33-10-8-29/h19H,3-18H2,1-2H3,(H,26,30). The van der Waals surface area contributed by atoms with Crippen LogP contribution < -0.4 is 5.32 Å². The Kier molecular flexibility index (Phi) is 5.96. The SMILES string of the molecule is CC12CC3CC(C)(C1)CC(NC(=O)CC(=O)N1CCN(CC(=O)N4CCOCC4)CC1)(C3)C2. The van der Waals surface area contributed by atoms with E-state index in [1.165, 1.54) is 19.3 Å². The molecule has 2 heterocycles. The summed E-state index contributed by atoms with van der Waals surface area (Å²) in [7, 11) is 0. The molecular weight excluding hydrogens is 420 g/mol. The summed E-state index contributed by atoms with van der Waals surface area (Å²) >= 11 is 0. The van der Waals surface area contributed by atoms with E-state index in [0.29, 0.717) is 75.8 Å². The Morgan fingerprint density at radius 2 is 1.42 bits per heavy atom. The molecule has 0 spiro atoms. The van der Waals surface area contributed by atoms with E-state index in [1.807, 2.05) is 4.90 Å². The van der Waals surface area contributed by atoms with Crippen LogP contribution in [0.4, 0.5) is 0 Å². The lowest BCUT2D eigenvalue weighted by Crippen LogP contribution is -2.65. The zero-order chi connectivity index (χ0) is 23.3. The summed E-state index contributed by atoms with van der Waals surface area (Å²) in [6.07, 6.45) is 6.98. The summed E-state index contributed by atoms with van der Waals surface area (Å²) in [6, 6.07) is 0. The molecule has 6 aliphatic rings. The molecule has 3 amide bonds. The van der Waals surface area contributed by atoms with Crippen LogP contribution in [0.25, 0.3) is 0 Å². The maximum Gasteiger partial charge on any atom is 0.236 e. The highest BCUT2D eigenvalue weighted by molar-refractivity contribution is 5.97. The number of morpholine rings is 1. The summed E-state index contributed by atoms with van der Waals surface area (Å²) in [5, 5.41) is 3.36. The molecule has 33 heavy (non-hydrogen) atoms. The Hall–Kier alpha value is -1.67. The average Bonchev–Trinajstić information content (AvgIpc) is 2.71. The third-order valence-electron chi connectivity index (χ3n) is 8.79. The molecule has 4 aliphatic carbocycles. The molecule has 1 N–H and O–H groups in total. The molecule has 6 rings (SSSR count). The molecule has 184 valence electrons. The molecule has 2 saturated heterocycles. The normalized spacial score (nSPS) is 38.4. The molecule has 8 heteroatoms. The van der Waals surface area contributed by atoms with Gasteiger partial charge in [0.2, 0.25) is 17.7 Å². The number of piperazine rings is 1. The van der Waals surface area contributed by atoms with Gasteiger partial charge in [0.1, 0.15) is 6.42 Å². The fourth-order valence-electron chi connectivity index (χ4n) is 8.44. The third kappa shape index (κ3) is 4.92. The molecule has 4 saturated carbocycles. The van der Waals surface area contributed by atoms with Crippen molar-refractivity contribution >= 4 is 17.7 Å². The quantitative estimate of drug-likeness (QED) is 0.625. The van der Waals surface area contributed by atoms with E-state index in [1.54, 1.807) is 4.90 Å². The van der Waals surface area contributed by atoms with Crippen molar-refractivity contribution in [3.63, 3.8) is 0 Å². The van der Waals surface area contributed by atoms with Crippen molar-refractivity contribution in [3.8, 4) is 0 Å². The number of nitrogens with zero attached hydrogens (tertiary/aromatic N) is 3. The van der Waals surface area contributed by atoms with E-state index in [0.717, 1.165) is 19.3 Å². The van der Waals surface area contributed by atoms with Crippen LogP contribution in [0, 0.1) is 16.7 Å². The van der Waals surface area contributed by atoms with Gasteiger partial charge < -0.3 is 19.9 Å². The van der Waals surface area contributed by atoms with Crippen LogP contribution in [0.1, 0.15) is 58.8 Å². The van der Waals surface area contributed by atoms with Gasteiger partial charge in [-0.25, -0.2) is 0 Å². The van der Waals surface area contributed by atoms with E-state index >= 15 is 0 Å². The van der Waals surface area contributed by atoms with E-state index in [2.05, 4.69) is 24.1 Å². The number of carbonyl (C=O) groups excluding carboxylic acids is 3. The second kappa shape index (κ2) is 8.52. The zero-order valence-electron chi connectivity index (χ0n) is 20.4. The van der Waals surface area contributed by atoms with Crippen LogP contribution in [0.2, 0.25) is 0 Å². The molecule has 2 unspecified atom stereocenters. The molecule has 0 aromatic rings. The van der Waals surface area contributed by atoms with Crippen molar-refractivity contribution in [2.45, 2.75) is 64.3 Å². The van der Waals surface area contributed by atoms with Gasteiger partial charge >= 0.3 is 0 Å². The van der Waals surface area contributed by atoms with E-state index in [9.17, 15) is 14.4 Å². The minimum Gasteiger partial charge on any atom is -0.378 e. The van der Waals surface area contributed by atoms with Crippen LogP contribution in [0.3, 0.4) is 0 Å². The summed E-state index contributed by atoms with van der Waals surface area (Å²) in [4.78, 5) is 44.0. The largest absolute Gasteiger partial charge is 0.378 e.